The quantitative estimate of drug-likeness (QED) is 0.459. The van der Waals surface area contributed by atoms with E-state index in [1.165, 1.54) is 0 Å². The first-order valence-corrected chi connectivity index (χ1v) is 13.0. The Labute approximate surface area is 204 Å². The number of para-hydroxylation sites is 1. The van der Waals surface area contributed by atoms with Crippen LogP contribution < -0.4 is 10.6 Å². The highest BCUT2D eigenvalue weighted by Crippen LogP contribution is 2.66. The molecule has 1 aromatic rings. The maximum absolute atomic E-state index is 13.8. The van der Waals surface area contributed by atoms with Gasteiger partial charge in [0.15, 0.2) is 0 Å². The molecule has 0 aromatic heterocycles. The molecule has 5 atom stereocenters. The van der Waals surface area contributed by atoms with Gasteiger partial charge in [-0.3, -0.25) is 14.4 Å². The van der Waals surface area contributed by atoms with Gasteiger partial charge in [-0.1, -0.05) is 30.7 Å². The van der Waals surface area contributed by atoms with Gasteiger partial charge in [-0.25, -0.2) is 0 Å². The van der Waals surface area contributed by atoms with Crippen LogP contribution in [0, 0.1) is 18.8 Å². The molecule has 1 spiro atoms. The SMILES string of the molecule is CCCNC(=O)[C@@H]1[C@H]2C(=O)N(CCCCO)C(C(=O)Nc3c(C)cccc3Cl)C23CC[C@H]1S3. The van der Waals surface area contributed by atoms with Gasteiger partial charge in [-0.05, 0) is 50.7 Å². The van der Waals surface area contributed by atoms with Crippen LogP contribution in [0.15, 0.2) is 18.2 Å². The fourth-order valence-electron chi connectivity index (χ4n) is 5.74. The summed E-state index contributed by atoms with van der Waals surface area (Å²) in [5.74, 6) is -1.37. The fraction of sp³-hybridized carbons (Fsp3) is 0.625. The molecule has 3 aliphatic heterocycles. The highest BCUT2D eigenvalue weighted by Gasteiger charge is 2.73. The molecule has 0 saturated carbocycles. The summed E-state index contributed by atoms with van der Waals surface area (Å²) in [6, 6.07) is 4.76. The van der Waals surface area contributed by atoms with Crippen LogP contribution in [0.3, 0.4) is 0 Å². The zero-order valence-corrected chi connectivity index (χ0v) is 20.7. The number of nitrogens with one attached hydrogen (secondary N) is 2. The Kier molecular flexibility index (Phi) is 7.26. The molecule has 3 amide bonds. The average molecular weight is 494 g/mol. The van der Waals surface area contributed by atoms with E-state index < -0.39 is 22.6 Å². The summed E-state index contributed by atoms with van der Waals surface area (Å²) >= 11 is 8.02. The Morgan fingerprint density at radius 3 is 2.79 bits per heavy atom. The second-order valence-electron chi connectivity index (χ2n) is 9.23. The number of rotatable bonds is 9. The molecule has 3 saturated heterocycles. The average Bonchev–Trinajstić information content (AvgIpc) is 3.42. The minimum atomic E-state index is -0.677. The van der Waals surface area contributed by atoms with Crippen molar-refractivity contribution in [3.8, 4) is 0 Å². The first-order valence-electron chi connectivity index (χ1n) is 11.8. The molecule has 9 heteroatoms. The lowest BCUT2D eigenvalue weighted by Crippen LogP contribution is -2.52. The zero-order valence-electron chi connectivity index (χ0n) is 19.1. The van der Waals surface area contributed by atoms with Gasteiger partial charge in [0.05, 0.1) is 27.3 Å². The number of aliphatic hydroxyl groups is 1. The van der Waals surface area contributed by atoms with Gasteiger partial charge in [0, 0.05) is 24.9 Å². The van der Waals surface area contributed by atoms with Crippen molar-refractivity contribution >= 4 is 46.8 Å². The number of unbranched alkanes of at least 4 members (excludes halogenated alkanes) is 1. The van der Waals surface area contributed by atoms with Crippen LogP contribution in [-0.2, 0) is 14.4 Å². The highest BCUT2D eigenvalue weighted by molar-refractivity contribution is 8.02. The number of aryl methyl sites for hydroxylation is 1. The summed E-state index contributed by atoms with van der Waals surface area (Å²) in [7, 11) is 0. The minimum absolute atomic E-state index is 0.0329. The van der Waals surface area contributed by atoms with Crippen LogP contribution in [0.4, 0.5) is 5.69 Å². The van der Waals surface area contributed by atoms with Crippen LogP contribution in [0.5, 0.6) is 0 Å². The summed E-state index contributed by atoms with van der Waals surface area (Å²) in [4.78, 5) is 42.2. The third kappa shape index (κ3) is 4.15. The molecular weight excluding hydrogens is 462 g/mol. The number of hydrogen-bond donors (Lipinski definition) is 3. The van der Waals surface area contributed by atoms with Crippen molar-refractivity contribution < 1.29 is 19.5 Å². The van der Waals surface area contributed by atoms with E-state index >= 15 is 0 Å². The van der Waals surface area contributed by atoms with E-state index in [4.69, 9.17) is 11.6 Å². The molecule has 180 valence electrons. The van der Waals surface area contributed by atoms with Crippen LogP contribution in [0.2, 0.25) is 5.02 Å². The van der Waals surface area contributed by atoms with Gasteiger partial charge >= 0.3 is 0 Å². The number of thioether (sulfide) groups is 1. The summed E-state index contributed by atoms with van der Waals surface area (Å²) in [6.07, 6.45) is 3.52. The van der Waals surface area contributed by atoms with Crippen molar-refractivity contribution in [3.63, 3.8) is 0 Å². The molecule has 2 unspecified atom stereocenters. The summed E-state index contributed by atoms with van der Waals surface area (Å²) in [6.45, 7) is 4.87. The summed E-state index contributed by atoms with van der Waals surface area (Å²) < 4.78 is -0.617. The van der Waals surface area contributed by atoms with E-state index in [-0.39, 0.29) is 29.6 Å². The molecule has 33 heavy (non-hydrogen) atoms. The molecule has 3 heterocycles. The van der Waals surface area contributed by atoms with E-state index in [9.17, 15) is 19.5 Å². The normalized spacial score (nSPS) is 29.9. The largest absolute Gasteiger partial charge is 0.396 e. The Bertz CT molecular complexity index is 924. The van der Waals surface area contributed by atoms with Crippen molar-refractivity contribution in [1.29, 1.82) is 0 Å². The van der Waals surface area contributed by atoms with E-state index in [1.54, 1.807) is 22.7 Å². The molecular formula is C24H32ClN3O4S. The van der Waals surface area contributed by atoms with E-state index in [0.29, 0.717) is 36.6 Å². The predicted molar refractivity (Wildman–Crippen MR) is 130 cm³/mol. The van der Waals surface area contributed by atoms with Gasteiger partial charge in [-0.2, -0.15) is 0 Å². The number of nitrogens with zero attached hydrogens (tertiary/aromatic N) is 1. The lowest BCUT2D eigenvalue weighted by molar-refractivity contribution is -0.139. The number of anilines is 1. The fourth-order valence-corrected chi connectivity index (χ4v) is 8.22. The Morgan fingerprint density at radius 1 is 1.30 bits per heavy atom. The molecule has 3 fully saturated rings. The maximum Gasteiger partial charge on any atom is 0.248 e. The molecule has 2 bridgehead atoms. The number of fused-ring (bicyclic) bond motifs is 1. The first kappa shape index (κ1) is 24.4. The van der Waals surface area contributed by atoms with E-state index in [2.05, 4.69) is 10.6 Å². The first-order chi connectivity index (χ1) is 15.9. The van der Waals surface area contributed by atoms with Gasteiger partial charge in [0.1, 0.15) is 6.04 Å². The number of benzene rings is 1. The second kappa shape index (κ2) is 9.84. The topological polar surface area (TPSA) is 98.7 Å². The molecule has 0 radical (unpaired) electrons. The number of hydrogen-bond acceptors (Lipinski definition) is 5. The number of halogens is 1. The zero-order chi connectivity index (χ0) is 23.8. The standard InChI is InChI=1S/C24H32ClN3O4S/c1-3-11-26-21(30)17-16-9-10-24(33-16)18(17)23(32)28(12-4-5-13-29)20(24)22(31)27-19-14(2)7-6-8-15(19)25/h6-8,16-18,20,29H,3-5,9-13H2,1-2H3,(H,26,30)(H,27,31)/t16-,17+,18+,20?,24?/m1/s1. The predicted octanol–water partition coefficient (Wildman–Crippen LogP) is 2.98. The van der Waals surface area contributed by atoms with Crippen LogP contribution in [-0.4, -0.2) is 63.5 Å². The summed E-state index contributed by atoms with van der Waals surface area (Å²) in [5.41, 5.74) is 1.41. The second-order valence-corrected chi connectivity index (χ2v) is 11.2. The lowest BCUT2D eigenvalue weighted by atomic mass is 9.70. The number of likely N-dealkylation sites (tertiary alicyclic amines) is 1. The van der Waals surface area contributed by atoms with Crippen molar-refractivity contribution in [1.82, 2.24) is 10.2 Å². The van der Waals surface area contributed by atoms with Gasteiger partial charge in [0.25, 0.3) is 0 Å². The molecule has 3 N–H and O–H groups in total. The van der Waals surface area contributed by atoms with Crippen molar-refractivity contribution in [3.05, 3.63) is 28.8 Å². The van der Waals surface area contributed by atoms with E-state index in [1.807, 2.05) is 26.0 Å². The monoisotopic (exact) mass is 493 g/mol. The van der Waals surface area contributed by atoms with Gasteiger partial charge < -0.3 is 20.6 Å². The van der Waals surface area contributed by atoms with Crippen molar-refractivity contribution in [2.24, 2.45) is 11.8 Å². The third-order valence-corrected chi connectivity index (χ3v) is 9.44. The van der Waals surface area contributed by atoms with Crippen LogP contribution in [0.1, 0.15) is 44.6 Å². The summed E-state index contributed by atoms with van der Waals surface area (Å²) in [5, 5.41) is 15.7. The van der Waals surface area contributed by atoms with Crippen LogP contribution in [0.25, 0.3) is 0 Å². The number of carbonyl (C=O) groups is 3. The lowest BCUT2D eigenvalue weighted by Gasteiger charge is -2.34. The number of amides is 3. The smallest absolute Gasteiger partial charge is 0.248 e. The van der Waals surface area contributed by atoms with E-state index in [0.717, 1.165) is 24.8 Å². The Morgan fingerprint density at radius 2 is 2.09 bits per heavy atom. The molecule has 3 aliphatic rings. The minimum Gasteiger partial charge on any atom is -0.396 e. The number of aliphatic hydroxyl groups excluding tert-OH is 1. The highest BCUT2D eigenvalue weighted by atomic mass is 35.5. The van der Waals surface area contributed by atoms with Gasteiger partial charge in [-0.15, -0.1) is 11.8 Å². The Balaban J connectivity index is 1.67. The van der Waals surface area contributed by atoms with Crippen LogP contribution >= 0.6 is 23.4 Å². The van der Waals surface area contributed by atoms with Gasteiger partial charge in [0.2, 0.25) is 17.7 Å². The van der Waals surface area contributed by atoms with Crippen molar-refractivity contribution in [2.45, 2.75) is 62.0 Å². The molecule has 0 aliphatic carbocycles. The molecule has 1 aromatic carbocycles. The molecule has 4 rings (SSSR count). The number of carbonyl (C=O) groups excluding carboxylic acids is 3. The third-order valence-electron chi connectivity index (χ3n) is 7.18. The van der Waals surface area contributed by atoms with Crippen molar-refractivity contribution in [2.75, 3.05) is 25.0 Å². The maximum atomic E-state index is 13.8. The molecule has 7 nitrogen and oxygen atoms in total. The Hall–Kier alpha value is -1.77.